The summed E-state index contributed by atoms with van der Waals surface area (Å²) in [5, 5.41) is 0. The van der Waals surface area contributed by atoms with Gasteiger partial charge < -0.3 is 19.7 Å². The highest BCUT2D eigenvalue weighted by atomic mass is 16.2. The Morgan fingerprint density at radius 1 is 1.17 bits per heavy atom. The van der Waals surface area contributed by atoms with Gasteiger partial charge in [0.15, 0.2) is 0 Å². The molecule has 3 aliphatic heterocycles. The second-order valence-corrected chi connectivity index (χ2v) is 8.97. The van der Waals surface area contributed by atoms with Crippen molar-refractivity contribution in [2.45, 2.75) is 63.5 Å². The van der Waals surface area contributed by atoms with E-state index in [0.717, 1.165) is 43.6 Å². The first-order chi connectivity index (χ1) is 14.0. The van der Waals surface area contributed by atoms with Crippen LogP contribution in [0.4, 0.5) is 0 Å². The zero-order chi connectivity index (χ0) is 20.2. The minimum atomic E-state index is -0.407. The van der Waals surface area contributed by atoms with Crippen molar-refractivity contribution in [3.63, 3.8) is 0 Å². The van der Waals surface area contributed by atoms with E-state index in [9.17, 15) is 14.4 Å². The molecule has 156 valence electrons. The van der Waals surface area contributed by atoms with Gasteiger partial charge >= 0.3 is 0 Å². The van der Waals surface area contributed by atoms with Crippen LogP contribution in [0.25, 0.3) is 0 Å². The number of carbonyl (C=O) groups is 3. The number of carbonyl (C=O) groups excluding carboxylic acids is 3. The summed E-state index contributed by atoms with van der Waals surface area (Å²) in [6.07, 6.45) is 7.31. The summed E-state index contributed by atoms with van der Waals surface area (Å²) in [5.74, 6) is 0.532. The number of aromatic nitrogens is 2. The maximum Gasteiger partial charge on any atom is 0.245 e. The van der Waals surface area contributed by atoms with Crippen molar-refractivity contribution >= 4 is 17.7 Å². The van der Waals surface area contributed by atoms with Crippen LogP contribution in [0.2, 0.25) is 0 Å². The number of rotatable bonds is 3. The average Bonchev–Trinajstić information content (AvgIpc) is 3.31. The molecule has 0 bridgehead atoms. The Balaban J connectivity index is 1.35. The van der Waals surface area contributed by atoms with Gasteiger partial charge in [0.1, 0.15) is 6.04 Å². The lowest BCUT2D eigenvalue weighted by Crippen LogP contribution is -2.60. The van der Waals surface area contributed by atoms with Gasteiger partial charge in [0.25, 0.3) is 0 Å². The molecule has 1 aliphatic carbocycles. The molecule has 4 aliphatic rings. The van der Waals surface area contributed by atoms with Gasteiger partial charge in [0.2, 0.25) is 17.7 Å². The van der Waals surface area contributed by atoms with Crippen molar-refractivity contribution in [1.29, 1.82) is 0 Å². The number of amides is 3. The topological polar surface area (TPSA) is 89.6 Å². The predicted octanol–water partition coefficient (Wildman–Crippen LogP) is 1.03. The monoisotopic (exact) mass is 399 g/mol. The SMILES string of the molecule is C[C@@H](C(=O)N1CCC2(CC1)c1nc[nH]c1CCN2C(=O)C1CC1)N1CCCC1=O. The van der Waals surface area contributed by atoms with Crippen LogP contribution in [0, 0.1) is 5.92 Å². The second-order valence-electron chi connectivity index (χ2n) is 8.97. The fourth-order valence-electron chi connectivity index (χ4n) is 5.43. The van der Waals surface area contributed by atoms with Gasteiger partial charge in [-0.2, -0.15) is 0 Å². The third-order valence-corrected chi connectivity index (χ3v) is 7.29. The van der Waals surface area contributed by atoms with E-state index in [4.69, 9.17) is 0 Å². The lowest BCUT2D eigenvalue weighted by Gasteiger charge is -2.51. The molecule has 3 amide bonds. The summed E-state index contributed by atoms with van der Waals surface area (Å²) >= 11 is 0. The molecular weight excluding hydrogens is 370 g/mol. The van der Waals surface area contributed by atoms with Crippen LogP contribution in [0.5, 0.6) is 0 Å². The lowest BCUT2D eigenvalue weighted by molar-refractivity contribution is -0.149. The van der Waals surface area contributed by atoms with Crippen LogP contribution in [0.15, 0.2) is 6.33 Å². The molecule has 4 heterocycles. The second kappa shape index (κ2) is 6.85. The summed E-state index contributed by atoms with van der Waals surface area (Å²) in [6, 6.07) is -0.407. The normalized spacial score (nSPS) is 24.7. The first-order valence-electron chi connectivity index (χ1n) is 10.9. The van der Waals surface area contributed by atoms with Crippen LogP contribution < -0.4 is 0 Å². The Labute approximate surface area is 170 Å². The Kier molecular flexibility index (Phi) is 4.40. The number of hydrogen-bond acceptors (Lipinski definition) is 4. The van der Waals surface area contributed by atoms with E-state index >= 15 is 0 Å². The van der Waals surface area contributed by atoms with E-state index < -0.39 is 11.6 Å². The minimum Gasteiger partial charge on any atom is -0.348 e. The molecule has 1 atom stereocenters. The molecular formula is C21H29N5O3. The van der Waals surface area contributed by atoms with Gasteiger partial charge in [0.05, 0.1) is 17.6 Å². The molecule has 1 saturated carbocycles. The highest BCUT2D eigenvalue weighted by molar-refractivity contribution is 5.88. The number of aromatic amines is 1. The largest absolute Gasteiger partial charge is 0.348 e. The van der Waals surface area contributed by atoms with Crippen molar-refractivity contribution in [1.82, 2.24) is 24.7 Å². The number of H-pyrrole nitrogens is 1. The molecule has 29 heavy (non-hydrogen) atoms. The van der Waals surface area contributed by atoms with Gasteiger partial charge in [-0.15, -0.1) is 0 Å². The van der Waals surface area contributed by atoms with Gasteiger partial charge in [0, 0.05) is 50.6 Å². The zero-order valence-electron chi connectivity index (χ0n) is 17.0. The van der Waals surface area contributed by atoms with E-state index in [1.807, 2.05) is 11.8 Å². The molecule has 1 N–H and O–H groups in total. The van der Waals surface area contributed by atoms with E-state index in [0.29, 0.717) is 38.9 Å². The number of nitrogens with zero attached hydrogens (tertiary/aromatic N) is 4. The summed E-state index contributed by atoms with van der Waals surface area (Å²) in [7, 11) is 0. The fraction of sp³-hybridized carbons (Fsp3) is 0.714. The minimum absolute atomic E-state index is 0.0215. The first-order valence-corrected chi connectivity index (χ1v) is 10.9. The van der Waals surface area contributed by atoms with Gasteiger partial charge in [-0.25, -0.2) is 4.98 Å². The molecule has 2 saturated heterocycles. The molecule has 8 nitrogen and oxygen atoms in total. The first kappa shape index (κ1) is 18.6. The highest BCUT2D eigenvalue weighted by Gasteiger charge is 2.51. The Bertz CT molecular complexity index is 837. The quantitative estimate of drug-likeness (QED) is 0.822. The molecule has 0 radical (unpaired) electrons. The molecule has 1 aromatic heterocycles. The van der Waals surface area contributed by atoms with Crippen LogP contribution in [-0.4, -0.2) is 74.6 Å². The van der Waals surface area contributed by atoms with Crippen LogP contribution in [0.3, 0.4) is 0 Å². The molecule has 1 spiro atoms. The fourth-order valence-corrected chi connectivity index (χ4v) is 5.43. The number of imidazole rings is 1. The summed E-state index contributed by atoms with van der Waals surface area (Å²) in [6.45, 7) is 4.41. The third kappa shape index (κ3) is 2.95. The summed E-state index contributed by atoms with van der Waals surface area (Å²) in [4.78, 5) is 51.7. The molecule has 0 aromatic carbocycles. The van der Waals surface area contributed by atoms with E-state index in [-0.39, 0.29) is 23.6 Å². The molecule has 0 unspecified atom stereocenters. The van der Waals surface area contributed by atoms with Crippen LogP contribution in [-0.2, 0) is 26.3 Å². The van der Waals surface area contributed by atoms with Crippen molar-refractivity contribution in [2.75, 3.05) is 26.2 Å². The van der Waals surface area contributed by atoms with Crippen molar-refractivity contribution in [3.05, 3.63) is 17.7 Å². The maximum atomic E-state index is 13.1. The van der Waals surface area contributed by atoms with Crippen LogP contribution in [0.1, 0.15) is 56.8 Å². The molecule has 8 heteroatoms. The van der Waals surface area contributed by atoms with Gasteiger partial charge in [-0.1, -0.05) is 0 Å². The van der Waals surface area contributed by atoms with Crippen molar-refractivity contribution < 1.29 is 14.4 Å². The zero-order valence-corrected chi connectivity index (χ0v) is 17.0. The average molecular weight is 399 g/mol. The smallest absolute Gasteiger partial charge is 0.245 e. The standard InChI is InChI=1S/C21H29N5O3/c1-14(25-9-2-3-17(25)27)19(28)24-11-7-21(8-12-24)18-16(22-13-23-18)6-10-26(21)20(29)15-4-5-15/h13-15H,2-12H2,1H3,(H,22,23)/t14-/m0/s1. The number of fused-ring (bicyclic) bond motifs is 2. The Hall–Kier alpha value is -2.38. The van der Waals surface area contributed by atoms with Crippen molar-refractivity contribution in [2.24, 2.45) is 5.92 Å². The number of piperidine rings is 1. The maximum absolute atomic E-state index is 13.1. The highest BCUT2D eigenvalue weighted by Crippen LogP contribution is 2.45. The summed E-state index contributed by atoms with van der Waals surface area (Å²) < 4.78 is 0. The number of hydrogen-bond donors (Lipinski definition) is 1. The molecule has 3 fully saturated rings. The van der Waals surface area contributed by atoms with E-state index in [1.165, 1.54) is 0 Å². The third-order valence-electron chi connectivity index (χ3n) is 7.29. The number of likely N-dealkylation sites (tertiary alicyclic amines) is 2. The predicted molar refractivity (Wildman–Crippen MR) is 105 cm³/mol. The Morgan fingerprint density at radius 2 is 1.93 bits per heavy atom. The van der Waals surface area contributed by atoms with Crippen LogP contribution >= 0.6 is 0 Å². The molecule has 5 rings (SSSR count). The van der Waals surface area contributed by atoms with Gasteiger partial charge in [-0.3, -0.25) is 14.4 Å². The molecule has 1 aromatic rings. The van der Waals surface area contributed by atoms with Crippen molar-refractivity contribution in [3.8, 4) is 0 Å². The van der Waals surface area contributed by atoms with E-state index in [2.05, 4.69) is 14.9 Å². The Morgan fingerprint density at radius 3 is 2.59 bits per heavy atom. The van der Waals surface area contributed by atoms with E-state index in [1.54, 1.807) is 11.2 Å². The van der Waals surface area contributed by atoms with Gasteiger partial charge in [-0.05, 0) is 39.0 Å². The number of nitrogens with one attached hydrogen (secondary N) is 1. The summed E-state index contributed by atoms with van der Waals surface area (Å²) in [5.41, 5.74) is 1.71. The lowest BCUT2D eigenvalue weighted by atomic mass is 9.78.